The number of carbonyl (C=O) groups is 1. The first kappa shape index (κ1) is 13.1. The minimum Gasteiger partial charge on any atom is -0.326 e. The average molecular weight is 240 g/mol. The third kappa shape index (κ3) is 3.82. The first-order valence-electron chi connectivity index (χ1n) is 5.14. The molecule has 0 atom stereocenters. The van der Waals surface area contributed by atoms with Gasteiger partial charge in [-0.2, -0.15) is 4.39 Å². The second kappa shape index (κ2) is 5.38. The number of carbonyl (C=O) groups excluding carboxylic acids is 1. The normalized spacial score (nSPS) is 10.4. The first-order valence-corrected chi connectivity index (χ1v) is 5.14. The van der Waals surface area contributed by atoms with E-state index >= 15 is 0 Å². The summed E-state index contributed by atoms with van der Waals surface area (Å²) >= 11 is 0. The predicted octanol–water partition coefficient (Wildman–Crippen LogP) is 2.72. The van der Waals surface area contributed by atoms with Gasteiger partial charge in [-0.3, -0.25) is 14.9 Å². The SMILES string of the molecule is CC(C)CC(=O)Nc1ccc([N+](=O)[O-])c(F)c1. The molecule has 0 aliphatic rings. The van der Waals surface area contributed by atoms with Crippen molar-refractivity contribution >= 4 is 17.3 Å². The number of benzene rings is 1. The number of anilines is 1. The molecule has 1 rings (SSSR count). The number of nitro benzene ring substituents is 1. The number of nitrogens with one attached hydrogen (secondary N) is 1. The van der Waals surface area contributed by atoms with Gasteiger partial charge in [0.1, 0.15) is 0 Å². The summed E-state index contributed by atoms with van der Waals surface area (Å²) in [5.74, 6) is -1.01. The Morgan fingerprint density at radius 2 is 2.18 bits per heavy atom. The molecule has 0 aromatic heterocycles. The van der Waals surface area contributed by atoms with E-state index in [0.717, 1.165) is 12.1 Å². The van der Waals surface area contributed by atoms with Crippen molar-refractivity contribution in [1.29, 1.82) is 0 Å². The Morgan fingerprint density at radius 1 is 1.53 bits per heavy atom. The fourth-order valence-electron chi connectivity index (χ4n) is 1.32. The number of hydrogen-bond donors (Lipinski definition) is 1. The fourth-order valence-corrected chi connectivity index (χ4v) is 1.32. The minimum atomic E-state index is -0.961. The van der Waals surface area contributed by atoms with Crippen LogP contribution in [0.5, 0.6) is 0 Å². The largest absolute Gasteiger partial charge is 0.326 e. The molecular formula is C11H13FN2O3. The summed E-state index contributed by atoms with van der Waals surface area (Å²) in [6, 6.07) is 3.27. The van der Waals surface area contributed by atoms with Crippen LogP contribution < -0.4 is 5.32 Å². The summed E-state index contributed by atoms with van der Waals surface area (Å²) in [4.78, 5) is 21.0. The highest BCUT2D eigenvalue weighted by Gasteiger charge is 2.14. The van der Waals surface area contributed by atoms with Crippen molar-refractivity contribution in [3.05, 3.63) is 34.1 Å². The monoisotopic (exact) mass is 240 g/mol. The average Bonchev–Trinajstić information content (AvgIpc) is 2.15. The van der Waals surface area contributed by atoms with E-state index in [0.29, 0.717) is 6.42 Å². The topological polar surface area (TPSA) is 72.2 Å². The van der Waals surface area contributed by atoms with E-state index in [1.165, 1.54) is 6.07 Å². The van der Waals surface area contributed by atoms with Crippen LogP contribution in [0.25, 0.3) is 0 Å². The van der Waals surface area contributed by atoms with Crippen molar-refractivity contribution in [1.82, 2.24) is 0 Å². The summed E-state index contributed by atoms with van der Waals surface area (Å²) in [6.45, 7) is 3.77. The van der Waals surface area contributed by atoms with E-state index in [4.69, 9.17) is 0 Å². The standard InChI is InChI=1S/C11H13FN2O3/c1-7(2)5-11(15)13-8-3-4-10(14(16)17)9(12)6-8/h3-4,6-7H,5H2,1-2H3,(H,13,15). The van der Waals surface area contributed by atoms with Crippen LogP contribution in [-0.4, -0.2) is 10.8 Å². The molecule has 1 aromatic carbocycles. The second-order valence-corrected chi connectivity index (χ2v) is 4.07. The van der Waals surface area contributed by atoms with Gasteiger partial charge in [0.05, 0.1) is 4.92 Å². The highest BCUT2D eigenvalue weighted by Crippen LogP contribution is 2.21. The van der Waals surface area contributed by atoms with Crippen LogP contribution in [0.2, 0.25) is 0 Å². The van der Waals surface area contributed by atoms with Crippen molar-refractivity contribution < 1.29 is 14.1 Å². The van der Waals surface area contributed by atoms with Gasteiger partial charge in [-0.1, -0.05) is 13.8 Å². The summed E-state index contributed by atoms with van der Waals surface area (Å²) < 4.78 is 13.2. The Hall–Kier alpha value is -1.98. The van der Waals surface area contributed by atoms with Gasteiger partial charge in [-0.05, 0) is 12.0 Å². The molecule has 5 nitrogen and oxygen atoms in total. The maximum Gasteiger partial charge on any atom is 0.304 e. The lowest BCUT2D eigenvalue weighted by atomic mass is 10.1. The molecule has 92 valence electrons. The van der Waals surface area contributed by atoms with Gasteiger partial charge in [-0.15, -0.1) is 0 Å². The van der Waals surface area contributed by atoms with Crippen LogP contribution >= 0.6 is 0 Å². The van der Waals surface area contributed by atoms with Crippen LogP contribution in [0.3, 0.4) is 0 Å². The molecule has 0 unspecified atom stereocenters. The number of nitrogens with zero attached hydrogens (tertiary/aromatic N) is 1. The highest BCUT2D eigenvalue weighted by atomic mass is 19.1. The molecular weight excluding hydrogens is 227 g/mol. The van der Waals surface area contributed by atoms with Crippen LogP contribution in [0.1, 0.15) is 20.3 Å². The Kier molecular flexibility index (Phi) is 4.14. The number of nitro groups is 1. The molecule has 17 heavy (non-hydrogen) atoms. The number of amides is 1. The zero-order valence-electron chi connectivity index (χ0n) is 9.57. The minimum absolute atomic E-state index is 0.192. The van der Waals surface area contributed by atoms with Gasteiger partial charge in [-0.25, -0.2) is 0 Å². The maximum atomic E-state index is 13.2. The Bertz CT molecular complexity index is 446. The third-order valence-electron chi connectivity index (χ3n) is 2.02. The Balaban J connectivity index is 2.77. The fraction of sp³-hybridized carbons (Fsp3) is 0.364. The first-order chi connectivity index (χ1) is 7.90. The number of hydrogen-bond acceptors (Lipinski definition) is 3. The summed E-state index contributed by atoms with van der Waals surface area (Å²) in [6.07, 6.45) is 0.318. The number of halogens is 1. The molecule has 1 amide bonds. The van der Waals surface area contributed by atoms with E-state index in [-0.39, 0.29) is 17.5 Å². The van der Waals surface area contributed by atoms with Crippen molar-refractivity contribution in [2.24, 2.45) is 5.92 Å². The lowest BCUT2D eigenvalue weighted by molar-refractivity contribution is -0.387. The van der Waals surface area contributed by atoms with Crippen molar-refractivity contribution in [3.8, 4) is 0 Å². The van der Waals surface area contributed by atoms with E-state index in [2.05, 4.69) is 5.32 Å². The molecule has 1 aromatic rings. The Morgan fingerprint density at radius 3 is 2.65 bits per heavy atom. The summed E-state index contributed by atoms with van der Waals surface area (Å²) in [5.41, 5.74) is -0.384. The molecule has 0 spiro atoms. The zero-order chi connectivity index (χ0) is 13.0. The molecule has 0 heterocycles. The zero-order valence-corrected chi connectivity index (χ0v) is 9.57. The van der Waals surface area contributed by atoms with Gasteiger partial charge < -0.3 is 5.32 Å². The van der Waals surface area contributed by atoms with E-state index in [9.17, 15) is 19.3 Å². The maximum absolute atomic E-state index is 13.2. The lowest BCUT2D eigenvalue weighted by Crippen LogP contribution is -2.14. The van der Waals surface area contributed by atoms with Crippen molar-refractivity contribution in [3.63, 3.8) is 0 Å². The third-order valence-corrected chi connectivity index (χ3v) is 2.02. The summed E-state index contributed by atoms with van der Waals surface area (Å²) in [5, 5.41) is 12.9. The number of rotatable bonds is 4. The predicted molar refractivity (Wildman–Crippen MR) is 61.1 cm³/mol. The summed E-state index contributed by atoms with van der Waals surface area (Å²) in [7, 11) is 0. The quantitative estimate of drug-likeness (QED) is 0.649. The molecule has 0 radical (unpaired) electrons. The Labute approximate surface area is 97.8 Å². The van der Waals surface area contributed by atoms with Gasteiger partial charge in [0.2, 0.25) is 11.7 Å². The highest BCUT2D eigenvalue weighted by molar-refractivity contribution is 5.90. The van der Waals surface area contributed by atoms with Gasteiger partial charge in [0, 0.05) is 24.2 Å². The van der Waals surface area contributed by atoms with E-state index < -0.39 is 16.4 Å². The van der Waals surface area contributed by atoms with Crippen LogP contribution in [-0.2, 0) is 4.79 Å². The molecule has 6 heteroatoms. The van der Waals surface area contributed by atoms with Crippen molar-refractivity contribution in [2.75, 3.05) is 5.32 Å². The van der Waals surface area contributed by atoms with Crippen molar-refractivity contribution in [2.45, 2.75) is 20.3 Å². The van der Waals surface area contributed by atoms with Crippen LogP contribution in [0.4, 0.5) is 15.8 Å². The van der Waals surface area contributed by atoms with E-state index in [1.807, 2.05) is 13.8 Å². The van der Waals surface area contributed by atoms with Gasteiger partial charge in [0.15, 0.2) is 0 Å². The van der Waals surface area contributed by atoms with Gasteiger partial charge >= 0.3 is 5.69 Å². The lowest BCUT2D eigenvalue weighted by Gasteiger charge is -2.07. The molecule has 0 saturated heterocycles. The molecule has 0 fully saturated rings. The molecule has 0 bridgehead atoms. The smallest absolute Gasteiger partial charge is 0.304 e. The molecule has 0 aliphatic carbocycles. The second-order valence-electron chi connectivity index (χ2n) is 4.07. The molecule has 0 aliphatic heterocycles. The van der Waals surface area contributed by atoms with Gasteiger partial charge in [0.25, 0.3) is 0 Å². The van der Waals surface area contributed by atoms with Crippen LogP contribution in [0.15, 0.2) is 18.2 Å². The molecule has 0 saturated carbocycles. The molecule has 1 N–H and O–H groups in total. The van der Waals surface area contributed by atoms with Crippen LogP contribution in [0, 0.1) is 21.8 Å². The van der Waals surface area contributed by atoms with E-state index in [1.54, 1.807) is 0 Å².